The van der Waals surface area contributed by atoms with Crippen LogP contribution in [0, 0.1) is 5.92 Å². The zero-order valence-electron chi connectivity index (χ0n) is 7.11. The maximum absolute atomic E-state index is 10.8. The van der Waals surface area contributed by atoms with Gasteiger partial charge in [-0.1, -0.05) is 13.8 Å². The summed E-state index contributed by atoms with van der Waals surface area (Å²) < 4.78 is 19.9. The predicted molar refractivity (Wildman–Crippen MR) is 42.2 cm³/mol. The van der Waals surface area contributed by atoms with E-state index in [-0.39, 0.29) is 19.1 Å². The molecular weight excluding hydrogens is 167 g/mol. The largest absolute Gasteiger partial charge is 0.472 e. The molecule has 0 aliphatic rings. The first-order valence-corrected chi connectivity index (χ1v) is 5.09. The van der Waals surface area contributed by atoms with Crippen molar-refractivity contribution < 1.29 is 18.5 Å². The summed E-state index contributed by atoms with van der Waals surface area (Å²) in [5.41, 5.74) is 0. The molecule has 0 heterocycles. The van der Waals surface area contributed by atoms with E-state index < -0.39 is 7.82 Å². The third-order valence-corrected chi connectivity index (χ3v) is 1.92. The summed E-state index contributed by atoms with van der Waals surface area (Å²) in [6, 6.07) is 0. The van der Waals surface area contributed by atoms with Crippen LogP contribution in [0.5, 0.6) is 0 Å². The molecule has 0 saturated heterocycles. The lowest BCUT2D eigenvalue weighted by molar-refractivity contribution is 0.142. The molecule has 0 aromatic carbocycles. The minimum Gasteiger partial charge on any atom is -0.302 e. The van der Waals surface area contributed by atoms with Gasteiger partial charge in [-0.3, -0.25) is 9.05 Å². The average Bonchev–Trinajstić information content (AvgIpc) is 1.84. The van der Waals surface area contributed by atoms with E-state index in [2.05, 4.69) is 9.05 Å². The van der Waals surface area contributed by atoms with Gasteiger partial charge in [-0.25, -0.2) is 4.57 Å². The number of hydrogen-bond donors (Lipinski definition) is 1. The Balaban J connectivity index is 3.64. The molecule has 0 aromatic rings. The molecule has 0 aliphatic heterocycles. The summed E-state index contributed by atoms with van der Waals surface area (Å²) in [4.78, 5) is 8.87. The lowest BCUT2D eigenvalue weighted by Crippen LogP contribution is -2.01. The summed E-state index contributed by atoms with van der Waals surface area (Å²) in [5.74, 6) is 0.232. The Labute approximate surface area is 67.1 Å². The third-order valence-electron chi connectivity index (χ3n) is 0.863. The van der Waals surface area contributed by atoms with Crippen molar-refractivity contribution in [2.75, 3.05) is 13.2 Å². The molecule has 68 valence electrons. The Bertz CT molecular complexity index is 146. The molecule has 0 aromatic heterocycles. The molecule has 0 bridgehead atoms. The van der Waals surface area contributed by atoms with Crippen LogP contribution in [0.3, 0.4) is 0 Å². The summed E-state index contributed by atoms with van der Waals surface area (Å²) in [7, 11) is -3.75. The van der Waals surface area contributed by atoms with Gasteiger partial charge in [0.25, 0.3) is 0 Å². The van der Waals surface area contributed by atoms with Crippen molar-refractivity contribution in [3.8, 4) is 0 Å². The molecular formula is C6H15O4P. The number of phosphoric ester groups is 1. The molecule has 0 amide bonds. The summed E-state index contributed by atoms with van der Waals surface area (Å²) >= 11 is 0. The van der Waals surface area contributed by atoms with Gasteiger partial charge in [-0.2, -0.15) is 0 Å². The fraction of sp³-hybridized carbons (Fsp3) is 1.00. The molecule has 0 fully saturated rings. The van der Waals surface area contributed by atoms with Crippen molar-refractivity contribution >= 4 is 7.82 Å². The van der Waals surface area contributed by atoms with Gasteiger partial charge < -0.3 is 4.89 Å². The predicted octanol–water partition coefficient (Wildman–Crippen LogP) is 1.80. The first kappa shape index (κ1) is 11.1. The molecule has 1 atom stereocenters. The second-order valence-electron chi connectivity index (χ2n) is 2.58. The van der Waals surface area contributed by atoms with E-state index in [9.17, 15) is 4.57 Å². The van der Waals surface area contributed by atoms with Crippen LogP contribution >= 0.6 is 7.82 Å². The van der Waals surface area contributed by atoms with Crippen LogP contribution in [0.25, 0.3) is 0 Å². The molecule has 0 spiro atoms. The lowest BCUT2D eigenvalue weighted by Gasteiger charge is -2.11. The molecule has 1 unspecified atom stereocenters. The highest BCUT2D eigenvalue weighted by Crippen LogP contribution is 2.43. The van der Waals surface area contributed by atoms with Crippen molar-refractivity contribution in [2.45, 2.75) is 20.8 Å². The topological polar surface area (TPSA) is 55.8 Å². The minimum absolute atomic E-state index is 0.186. The van der Waals surface area contributed by atoms with Gasteiger partial charge in [0.2, 0.25) is 0 Å². The van der Waals surface area contributed by atoms with Crippen LogP contribution in [0.2, 0.25) is 0 Å². The molecule has 0 radical (unpaired) electrons. The van der Waals surface area contributed by atoms with Crippen molar-refractivity contribution in [3.05, 3.63) is 0 Å². The Hall–Kier alpha value is 0.110. The highest BCUT2D eigenvalue weighted by atomic mass is 31.2. The maximum Gasteiger partial charge on any atom is 0.472 e. The summed E-state index contributed by atoms with van der Waals surface area (Å²) in [5, 5.41) is 0. The quantitative estimate of drug-likeness (QED) is 0.658. The maximum atomic E-state index is 10.8. The molecule has 5 heteroatoms. The Kier molecular flexibility index (Phi) is 4.93. The van der Waals surface area contributed by atoms with Crippen LogP contribution in [-0.2, 0) is 13.6 Å². The number of phosphoric acid groups is 1. The van der Waals surface area contributed by atoms with Crippen LogP contribution in [0.4, 0.5) is 0 Å². The minimum atomic E-state index is -3.75. The first-order chi connectivity index (χ1) is 4.98. The normalized spacial score (nSPS) is 16.8. The third kappa shape index (κ3) is 6.51. The van der Waals surface area contributed by atoms with E-state index in [4.69, 9.17) is 4.89 Å². The second kappa shape index (κ2) is 4.88. The van der Waals surface area contributed by atoms with Gasteiger partial charge in [0.05, 0.1) is 13.2 Å². The second-order valence-corrected chi connectivity index (χ2v) is 4.03. The standard InChI is InChI=1S/C6H15O4P/c1-4-9-11(7,8)10-5-6(2)3/h6H,4-5H2,1-3H3,(H,7,8). The molecule has 4 nitrogen and oxygen atoms in total. The van der Waals surface area contributed by atoms with E-state index >= 15 is 0 Å². The molecule has 11 heavy (non-hydrogen) atoms. The fourth-order valence-corrected chi connectivity index (χ4v) is 1.33. The molecule has 0 rings (SSSR count). The van der Waals surface area contributed by atoms with Crippen molar-refractivity contribution in [2.24, 2.45) is 5.92 Å². The molecule has 0 aliphatic carbocycles. The van der Waals surface area contributed by atoms with E-state index in [1.807, 2.05) is 13.8 Å². The van der Waals surface area contributed by atoms with Gasteiger partial charge in [-0.05, 0) is 12.8 Å². The zero-order valence-corrected chi connectivity index (χ0v) is 8.01. The van der Waals surface area contributed by atoms with Crippen molar-refractivity contribution in [1.29, 1.82) is 0 Å². The Morgan fingerprint density at radius 3 is 2.36 bits per heavy atom. The van der Waals surface area contributed by atoms with Gasteiger partial charge in [0.15, 0.2) is 0 Å². The van der Waals surface area contributed by atoms with E-state index in [0.717, 1.165) is 0 Å². The van der Waals surface area contributed by atoms with E-state index in [1.54, 1.807) is 6.92 Å². The number of rotatable bonds is 5. The van der Waals surface area contributed by atoms with Crippen LogP contribution in [-0.4, -0.2) is 18.1 Å². The Morgan fingerprint density at radius 1 is 1.45 bits per heavy atom. The monoisotopic (exact) mass is 182 g/mol. The van der Waals surface area contributed by atoms with Gasteiger partial charge in [-0.15, -0.1) is 0 Å². The van der Waals surface area contributed by atoms with Crippen LogP contribution < -0.4 is 0 Å². The van der Waals surface area contributed by atoms with Crippen LogP contribution in [0.1, 0.15) is 20.8 Å². The Morgan fingerprint density at radius 2 is 2.00 bits per heavy atom. The van der Waals surface area contributed by atoms with Gasteiger partial charge in [0, 0.05) is 0 Å². The summed E-state index contributed by atoms with van der Waals surface area (Å²) in [6.07, 6.45) is 0. The smallest absolute Gasteiger partial charge is 0.302 e. The molecule has 0 saturated carbocycles. The highest BCUT2D eigenvalue weighted by molar-refractivity contribution is 7.47. The molecule has 1 N–H and O–H groups in total. The van der Waals surface area contributed by atoms with E-state index in [0.29, 0.717) is 0 Å². The van der Waals surface area contributed by atoms with Crippen LogP contribution in [0.15, 0.2) is 0 Å². The zero-order chi connectivity index (χ0) is 8.91. The van der Waals surface area contributed by atoms with Crippen molar-refractivity contribution in [3.63, 3.8) is 0 Å². The number of hydrogen-bond acceptors (Lipinski definition) is 3. The first-order valence-electron chi connectivity index (χ1n) is 3.60. The lowest BCUT2D eigenvalue weighted by atomic mass is 10.2. The van der Waals surface area contributed by atoms with Gasteiger partial charge in [0.1, 0.15) is 0 Å². The SMILES string of the molecule is CCOP(=O)(O)OCC(C)C. The average molecular weight is 182 g/mol. The van der Waals surface area contributed by atoms with Gasteiger partial charge >= 0.3 is 7.82 Å². The van der Waals surface area contributed by atoms with Crippen molar-refractivity contribution in [1.82, 2.24) is 0 Å². The summed E-state index contributed by atoms with van der Waals surface area (Å²) in [6.45, 7) is 5.86. The highest BCUT2D eigenvalue weighted by Gasteiger charge is 2.19. The van der Waals surface area contributed by atoms with E-state index in [1.165, 1.54) is 0 Å². The fourth-order valence-electron chi connectivity index (χ4n) is 0.444.